The first-order valence-corrected chi connectivity index (χ1v) is 9.95. The predicted molar refractivity (Wildman–Crippen MR) is 109 cm³/mol. The number of carbonyl (C=O) groups excluding carboxylic acids is 3. The van der Waals surface area contributed by atoms with E-state index in [1.54, 1.807) is 19.2 Å². The topological polar surface area (TPSA) is 75.7 Å². The highest BCUT2D eigenvalue weighted by atomic mass is 16.5. The van der Waals surface area contributed by atoms with E-state index in [9.17, 15) is 14.4 Å². The van der Waals surface area contributed by atoms with Crippen molar-refractivity contribution >= 4 is 17.7 Å². The minimum absolute atomic E-state index is 0.236. The van der Waals surface area contributed by atoms with Crippen molar-refractivity contribution in [1.29, 1.82) is 0 Å². The zero-order chi connectivity index (χ0) is 20.4. The minimum Gasteiger partial charge on any atom is -0.496 e. The molecule has 1 saturated heterocycles. The van der Waals surface area contributed by atoms with Crippen LogP contribution in [0.5, 0.6) is 5.75 Å². The first-order valence-electron chi connectivity index (χ1n) is 9.95. The average molecular weight is 392 g/mol. The molecule has 4 rings (SSSR count). The van der Waals surface area contributed by atoms with Gasteiger partial charge in [-0.1, -0.05) is 61.7 Å². The number of rotatable bonds is 5. The van der Waals surface area contributed by atoms with Crippen LogP contribution in [-0.4, -0.2) is 41.8 Å². The fraction of sp³-hybridized carbons (Fsp3) is 0.348. The van der Waals surface area contributed by atoms with Gasteiger partial charge in [-0.3, -0.25) is 14.5 Å². The Balaban J connectivity index is 1.49. The fourth-order valence-electron chi connectivity index (χ4n) is 4.27. The number of carbonyl (C=O) groups is 3. The molecule has 1 aliphatic carbocycles. The molecule has 6 nitrogen and oxygen atoms in total. The highest BCUT2D eigenvalue weighted by Gasteiger charge is 2.51. The molecular formula is C23H24N2O4. The number of para-hydroxylation sites is 1. The zero-order valence-corrected chi connectivity index (χ0v) is 16.4. The molecule has 3 amide bonds. The van der Waals surface area contributed by atoms with E-state index in [0.717, 1.165) is 41.0 Å². The summed E-state index contributed by atoms with van der Waals surface area (Å²) in [5.41, 5.74) is 1.52. The third-order valence-corrected chi connectivity index (χ3v) is 5.88. The van der Waals surface area contributed by atoms with Gasteiger partial charge < -0.3 is 10.1 Å². The molecule has 0 bridgehead atoms. The number of ketones is 1. The number of urea groups is 1. The van der Waals surface area contributed by atoms with Crippen LogP contribution in [0.4, 0.5) is 4.79 Å². The summed E-state index contributed by atoms with van der Waals surface area (Å²) < 4.78 is 5.39. The van der Waals surface area contributed by atoms with Gasteiger partial charge in [-0.05, 0) is 24.5 Å². The Kier molecular flexibility index (Phi) is 5.09. The van der Waals surface area contributed by atoms with Gasteiger partial charge in [-0.2, -0.15) is 0 Å². The van der Waals surface area contributed by atoms with Crippen molar-refractivity contribution < 1.29 is 19.1 Å². The van der Waals surface area contributed by atoms with Crippen molar-refractivity contribution in [3.63, 3.8) is 0 Å². The van der Waals surface area contributed by atoms with Crippen LogP contribution >= 0.6 is 0 Å². The lowest BCUT2D eigenvalue weighted by atomic mass is 9.82. The third-order valence-electron chi connectivity index (χ3n) is 5.88. The number of nitrogens with one attached hydrogen (secondary N) is 1. The van der Waals surface area contributed by atoms with E-state index in [-0.39, 0.29) is 18.2 Å². The second kappa shape index (κ2) is 7.70. The molecule has 2 aromatic rings. The Morgan fingerprint density at radius 3 is 2.41 bits per heavy atom. The molecule has 0 atom stereocenters. The quantitative estimate of drug-likeness (QED) is 0.620. The monoisotopic (exact) mass is 392 g/mol. The van der Waals surface area contributed by atoms with Gasteiger partial charge >= 0.3 is 6.03 Å². The van der Waals surface area contributed by atoms with Crippen LogP contribution in [-0.2, 0) is 4.79 Å². The third kappa shape index (κ3) is 3.50. The maximum absolute atomic E-state index is 12.8. The summed E-state index contributed by atoms with van der Waals surface area (Å²) in [4.78, 5) is 39.0. The smallest absolute Gasteiger partial charge is 0.325 e. The first kappa shape index (κ1) is 19.2. The fourth-order valence-corrected chi connectivity index (χ4v) is 4.27. The van der Waals surface area contributed by atoms with Crippen LogP contribution < -0.4 is 10.1 Å². The van der Waals surface area contributed by atoms with Crippen LogP contribution in [0, 0.1) is 0 Å². The summed E-state index contributed by atoms with van der Waals surface area (Å²) in [7, 11) is 1.62. The molecule has 1 aliphatic heterocycles. The van der Waals surface area contributed by atoms with Crippen molar-refractivity contribution in [2.24, 2.45) is 0 Å². The van der Waals surface area contributed by atoms with Gasteiger partial charge in [-0.25, -0.2) is 4.79 Å². The highest BCUT2D eigenvalue weighted by Crippen LogP contribution is 2.34. The molecular weight excluding hydrogens is 368 g/mol. The summed E-state index contributed by atoms with van der Waals surface area (Å²) in [6.45, 7) is -0.236. The summed E-state index contributed by atoms with van der Waals surface area (Å²) in [5.74, 6) is 0.234. The van der Waals surface area contributed by atoms with Crippen LogP contribution in [0.25, 0.3) is 11.1 Å². The van der Waals surface area contributed by atoms with Crippen molar-refractivity contribution in [2.75, 3.05) is 13.7 Å². The molecule has 1 heterocycles. The lowest BCUT2D eigenvalue weighted by Gasteiger charge is -2.30. The average Bonchev–Trinajstić information content (AvgIpc) is 2.98. The Labute approximate surface area is 169 Å². The number of benzene rings is 2. The molecule has 29 heavy (non-hydrogen) atoms. The molecule has 2 aliphatic rings. The van der Waals surface area contributed by atoms with E-state index < -0.39 is 11.6 Å². The molecule has 6 heteroatoms. The molecule has 1 spiro atoms. The lowest BCUT2D eigenvalue weighted by molar-refractivity contribution is -0.132. The summed E-state index contributed by atoms with van der Waals surface area (Å²) in [6, 6.07) is 14.3. The summed E-state index contributed by atoms with van der Waals surface area (Å²) in [6.07, 6.45) is 4.20. The lowest BCUT2D eigenvalue weighted by Crippen LogP contribution is -2.48. The maximum atomic E-state index is 12.8. The number of hydrogen-bond donors (Lipinski definition) is 1. The molecule has 150 valence electrons. The molecule has 0 unspecified atom stereocenters. The van der Waals surface area contributed by atoms with E-state index in [1.165, 1.54) is 0 Å². The van der Waals surface area contributed by atoms with Gasteiger partial charge in [0.2, 0.25) is 0 Å². The molecule has 0 radical (unpaired) electrons. The predicted octanol–water partition coefficient (Wildman–Crippen LogP) is 3.80. The van der Waals surface area contributed by atoms with E-state index >= 15 is 0 Å². The number of Topliss-reactive ketones (excluding diaryl/α,β-unsaturated/α-hetero) is 1. The normalized spacial score (nSPS) is 18.0. The van der Waals surface area contributed by atoms with Gasteiger partial charge in [-0.15, -0.1) is 0 Å². The van der Waals surface area contributed by atoms with E-state index in [1.807, 2.05) is 36.4 Å². The van der Waals surface area contributed by atoms with Gasteiger partial charge in [0.1, 0.15) is 11.3 Å². The molecule has 1 N–H and O–H groups in total. The van der Waals surface area contributed by atoms with Gasteiger partial charge in [0.25, 0.3) is 5.91 Å². The first-order chi connectivity index (χ1) is 14.0. The Bertz CT molecular complexity index is 946. The van der Waals surface area contributed by atoms with Crippen molar-refractivity contribution in [3.8, 4) is 16.9 Å². The summed E-state index contributed by atoms with van der Waals surface area (Å²) in [5, 5.41) is 2.84. The van der Waals surface area contributed by atoms with Crippen LogP contribution in [0.2, 0.25) is 0 Å². The van der Waals surface area contributed by atoms with E-state index in [4.69, 9.17) is 4.74 Å². The van der Waals surface area contributed by atoms with Crippen molar-refractivity contribution in [2.45, 2.75) is 37.6 Å². The van der Waals surface area contributed by atoms with Crippen molar-refractivity contribution in [1.82, 2.24) is 10.2 Å². The standard InChI is InChI=1S/C23H24N2O4/c1-29-20-8-4-3-7-18(20)16-9-11-17(12-10-16)19(26)15-25-21(27)23(24-22(25)28)13-5-2-6-14-23/h3-4,7-12H,2,5-6,13-15H2,1H3,(H,24,28). The number of nitrogens with zero attached hydrogens (tertiary/aromatic N) is 1. The SMILES string of the molecule is COc1ccccc1-c1ccc(C(=O)CN2C(=O)NC3(CCCCC3)C2=O)cc1. The second-order valence-corrected chi connectivity index (χ2v) is 7.67. The molecule has 0 aromatic heterocycles. The Morgan fingerprint density at radius 1 is 1.03 bits per heavy atom. The minimum atomic E-state index is -0.802. The molecule has 2 aromatic carbocycles. The highest BCUT2D eigenvalue weighted by molar-refractivity contribution is 6.11. The van der Waals surface area contributed by atoms with Crippen LogP contribution in [0.1, 0.15) is 42.5 Å². The van der Waals surface area contributed by atoms with E-state index in [2.05, 4.69) is 5.32 Å². The molecule has 1 saturated carbocycles. The van der Waals surface area contributed by atoms with E-state index in [0.29, 0.717) is 18.4 Å². The Morgan fingerprint density at radius 2 is 1.72 bits per heavy atom. The second-order valence-electron chi connectivity index (χ2n) is 7.67. The van der Waals surface area contributed by atoms with Gasteiger partial charge in [0, 0.05) is 11.1 Å². The number of methoxy groups -OCH3 is 1. The number of amides is 3. The number of ether oxygens (including phenoxy) is 1. The van der Waals surface area contributed by atoms with Crippen LogP contribution in [0.3, 0.4) is 0 Å². The molecule has 2 fully saturated rings. The maximum Gasteiger partial charge on any atom is 0.325 e. The largest absolute Gasteiger partial charge is 0.496 e. The number of hydrogen-bond acceptors (Lipinski definition) is 4. The zero-order valence-electron chi connectivity index (χ0n) is 16.4. The van der Waals surface area contributed by atoms with Gasteiger partial charge in [0.05, 0.1) is 13.7 Å². The Hall–Kier alpha value is -3.15. The van der Waals surface area contributed by atoms with Gasteiger partial charge in [0.15, 0.2) is 5.78 Å². The van der Waals surface area contributed by atoms with Crippen molar-refractivity contribution in [3.05, 3.63) is 54.1 Å². The van der Waals surface area contributed by atoms with Crippen LogP contribution in [0.15, 0.2) is 48.5 Å². The summed E-state index contributed by atoms with van der Waals surface area (Å²) >= 11 is 0. The number of imide groups is 1.